The SMILES string of the molecule is O=C(c1cccc(CCl)c1)N1CCC(C(F)(F)F)CC1. The van der Waals surface area contributed by atoms with E-state index in [9.17, 15) is 18.0 Å². The summed E-state index contributed by atoms with van der Waals surface area (Å²) in [5.41, 5.74) is 1.30. The van der Waals surface area contributed by atoms with Gasteiger partial charge in [0.15, 0.2) is 0 Å². The number of benzene rings is 1. The Hall–Kier alpha value is -1.23. The second-order valence-corrected chi connectivity index (χ2v) is 5.21. The molecule has 0 bridgehead atoms. The van der Waals surface area contributed by atoms with Crippen LogP contribution < -0.4 is 0 Å². The van der Waals surface area contributed by atoms with E-state index >= 15 is 0 Å². The zero-order valence-corrected chi connectivity index (χ0v) is 11.5. The molecule has 2 nitrogen and oxygen atoms in total. The smallest absolute Gasteiger partial charge is 0.339 e. The second-order valence-electron chi connectivity index (χ2n) is 4.94. The highest BCUT2D eigenvalue weighted by Gasteiger charge is 2.41. The van der Waals surface area contributed by atoms with Crippen molar-refractivity contribution in [1.82, 2.24) is 4.90 Å². The van der Waals surface area contributed by atoms with Crippen LogP contribution in [0.5, 0.6) is 0 Å². The maximum absolute atomic E-state index is 12.6. The lowest BCUT2D eigenvalue weighted by Crippen LogP contribution is -2.42. The van der Waals surface area contributed by atoms with E-state index in [0.717, 1.165) is 5.56 Å². The Balaban J connectivity index is 2.01. The Bertz CT molecular complexity index is 482. The van der Waals surface area contributed by atoms with Crippen LogP contribution >= 0.6 is 11.6 Å². The van der Waals surface area contributed by atoms with Gasteiger partial charge in [0.25, 0.3) is 5.91 Å². The van der Waals surface area contributed by atoms with Crippen LogP contribution in [0, 0.1) is 5.92 Å². The van der Waals surface area contributed by atoms with Crippen molar-refractivity contribution in [3.05, 3.63) is 35.4 Å². The van der Waals surface area contributed by atoms with Gasteiger partial charge in [-0.25, -0.2) is 0 Å². The summed E-state index contributed by atoms with van der Waals surface area (Å²) in [5.74, 6) is -1.21. The number of carbonyl (C=O) groups excluding carboxylic acids is 1. The number of hydrogen-bond acceptors (Lipinski definition) is 1. The summed E-state index contributed by atoms with van der Waals surface area (Å²) >= 11 is 5.71. The van der Waals surface area contributed by atoms with E-state index < -0.39 is 12.1 Å². The zero-order valence-electron chi connectivity index (χ0n) is 10.8. The number of piperidine rings is 1. The van der Waals surface area contributed by atoms with Gasteiger partial charge in [-0.05, 0) is 30.5 Å². The summed E-state index contributed by atoms with van der Waals surface area (Å²) in [6.07, 6.45) is -4.21. The Labute approximate surface area is 120 Å². The fourth-order valence-corrected chi connectivity index (χ4v) is 2.55. The number of nitrogens with zero attached hydrogens (tertiary/aromatic N) is 1. The molecule has 1 aromatic carbocycles. The molecule has 0 radical (unpaired) electrons. The summed E-state index contributed by atoms with van der Waals surface area (Å²) in [5, 5.41) is 0. The highest BCUT2D eigenvalue weighted by Crippen LogP contribution is 2.34. The van der Waals surface area contributed by atoms with Gasteiger partial charge in [-0.1, -0.05) is 12.1 Å². The van der Waals surface area contributed by atoms with Crippen LogP contribution in [0.2, 0.25) is 0 Å². The van der Waals surface area contributed by atoms with Gasteiger partial charge in [0.2, 0.25) is 0 Å². The second kappa shape index (κ2) is 6.04. The molecule has 1 aliphatic heterocycles. The maximum Gasteiger partial charge on any atom is 0.391 e. The molecular formula is C14H15ClF3NO. The van der Waals surface area contributed by atoms with Gasteiger partial charge >= 0.3 is 6.18 Å². The third-order valence-electron chi connectivity index (χ3n) is 3.57. The van der Waals surface area contributed by atoms with Crippen LogP contribution in [0.25, 0.3) is 0 Å². The monoisotopic (exact) mass is 305 g/mol. The average Bonchev–Trinajstić information content (AvgIpc) is 2.46. The maximum atomic E-state index is 12.6. The van der Waals surface area contributed by atoms with Crippen LogP contribution in [0.3, 0.4) is 0 Å². The minimum absolute atomic E-state index is 0.0234. The molecule has 0 atom stereocenters. The summed E-state index contributed by atoms with van der Waals surface area (Å²) in [7, 11) is 0. The minimum atomic E-state index is -4.16. The topological polar surface area (TPSA) is 20.3 Å². The predicted octanol–water partition coefficient (Wildman–Crippen LogP) is 3.84. The first-order chi connectivity index (χ1) is 9.41. The van der Waals surface area contributed by atoms with Crippen molar-refractivity contribution in [2.75, 3.05) is 13.1 Å². The summed E-state index contributed by atoms with van der Waals surface area (Å²) in [4.78, 5) is 13.7. The number of amides is 1. The molecule has 0 spiro atoms. The Morgan fingerprint density at radius 3 is 2.50 bits per heavy atom. The van der Waals surface area contributed by atoms with Crippen molar-refractivity contribution in [1.29, 1.82) is 0 Å². The van der Waals surface area contributed by atoms with Gasteiger partial charge in [0.1, 0.15) is 0 Å². The Kier molecular flexibility index (Phi) is 4.58. The largest absolute Gasteiger partial charge is 0.391 e. The summed E-state index contributed by atoms with van der Waals surface area (Å²) < 4.78 is 37.7. The molecule has 1 amide bonds. The molecule has 1 saturated heterocycles. The molecule has 6 heteroatoms. The average molecular weight is 306 g/mol. The van der Waals surface area contributed by atoms with E-state index in [-0.39, 0.29) is 31.8 Å². The molecule has 110 valence electrons. The lowest BCUT2D eigenvalue weighted by molar-refractivity contribution is -0.183. The molecule has 0 saturated carbocycles. The van der Waals surface area contributed by atoms with Gasteiger partial charge in [-0.15, -0.1) is 11.6 Å². The van der Waals surface area contributed by atoms with Gasteiger partial charge in [0, 0.05) is 24.5 Å². The van der Waals surface area contributed by atoms with Gasteiger partial charge in [-0.2, -0.15) is 13.2 Å². The first-order valence-electron chi connectivity index (χ1n) is 6.42. The van der Waals surface area contributed by atoms with E-state index in [1.807, 2.05) is 0 Å². The van der Waals surface area contributed by atoms with Crippen LogP contribution in [-0.2, 0) is 5.88 Å². The van der Waals surface area contributed by atoms with Crippen LogP contribution in [-0.4, -0.2) is 30.1 Å². The van der Waals surface area contributed by atoms with Crippen molar-refractivity contribution in [3.8, 4) is 0 Å². The fourth-order valence-electron chi connectivity index (χ4n) is 2.38. The summed E-state index contributed by atoms with van der Waals surface area (Å²) in [6, 6.07) is 6.88. The summed E-state index contributed by atoms with van der Waals surface area (Å²) in [6.45, 7) is 0.294. The van der Waals surface area contributed by atoms with Crippen molar-refractivity contribution in [2.24, 2.45) is 5.92 Å². The lowest BCUT2D eigenvalue weighted by atomic mass is 9.96. The van der Waals surface area contributed by atoms with Crippen molar-refractivity contribution in [2.45, 2.75) is 24.9 Å². The highest BCUT2D eigenvalue weighted by atomic mass is 35.5. The Morgan fingerprint density at radius 1 is 1.30 bits per heavy atom. The third-order valence-corrected chi connectivity index (χ3v) is 3.88. The predicted molar refractivity (Wildman–Crippen MR) is 70.7 cm³/mol. The van der Waals surface area contributed by atoms with Gasteiger partial charge in [0.05, 0.1) is 5.92 Å². The quantitative estimate of drug-likeness (QED) is 0.760. The molecule has 2 rings (SSSR count). The molecule has 20 heavy (non-hydrogen) atoms. The number of carbonyl (C=O) groups is 1. The minimum Gasteiger partial charge on any atom is -0.339 e. The van der Waals surface area contributed by atoms with Crippen LogP contribution in [0.15, 0.2) is 24.3 Å². The van der Waals surface area contributed by atoms with Crippen LogP contribution in [0.4, 0.5) is 13.2 Å². The number of hydrogen-bond donors (Lipinski definition) is 0. The molecule has 1 fully saturated rings. The first kappa shape index (κ1) is 15.2. The third kappa shape index (κ3) is 3.45. The van der Waals surface area contributed by atoms with Gasteiger partial charge < -0.3 is 4.90 Å². The normalized spacial score (nSPS) is 17.3. The molecule has 1 heterocycles. The molecule has 0 aliphatic carbocycles. The first-order valence-corrected chi connectivity index (χ1v) is 6.96. The van der Waals surface area contributed by atoms with Gasteiger partial charge in [-0.3, -0.25) is 4.79 Å². The van der Waals surface area contributed by atoms with Crippen LogP contribution in [0.1, 0.15) is 28.8 Å². The number of halogens is 4. The molecule has 1 aromatic rings. The van der Waals surface area contributed by atoms with E-state index in [4.69, 9.17) is 11.6 Å². The number of rotatable bonds is 2. The number of alkyl halides is 4. The molecule has 0 aromatic heterocycles. The number of likely N-dealkylation sites (tertiary alicyclic amines) is 1. The van der Waals surface area contributed by atoms with E-state index in [1.165, 1.54) is 4.90 Å². The highest BCUT2D eigenvalue weighted by molar-refractivity contribution is 6.17. The standard InChI is InChI=1S/C14H15ClF3NO/c15-9-10-2-1-3-11(8-10)13(20)19-6-4-12(5-7-19)14(16,17)18/h1-3,8,12H,4-7,9H2. The van der Waals surface area contributed by atoms with E-state index in [0.29, 0.717) is 11.4 Å². The molecule has 0 unspecified atom stereocenters. The van der Waals surface area contributed by atoms with Crippen molar-refractivity contribution in [3.63, 3.8) is 0 Å². The Morgan fingerprint density at radius 2 is 1.95 bits per heavy atom. The van der Waals surface area contributed by atoms with E-state index in [2.05, 4.69) is 0 Å². The van der Waals surface area contributed by atoms with Crippen molar-refractivity contribution >= 4 is 17.5 Å². The fraction of sp³-hybridized carbons (Fsp3) is 0.500. The van der Waals surface area contributed by atoms with E-state index in [1.54, 1.807) is 24.3 Å². The zero-order chi connectivity index (χ0) is 14.8. The van der Waals surface area contributed by atoms with Crippen molar-refractivity contribution < 1.29 is 18.0 Å². The molecular weight excluding hydrogens is 291 g/mol. The lowest BCUT2D eigenvalue weighted by Gasteiger charge is -2.33. The molecule has 0 N–H and O–H groups in total. The molecule has 1 aliphatic rings.